The molecule has 96 valence electrons. The predicted octanol–water partition coefficient (Wildman–Crippen LogP) is 2.50. The van der Waals surface area contributed by atoms with E-state index < -0.39 is 0 Å². The number of hydrogen-bond donors (Lipinski definition) is 1. The maximum Gasteiger partial charge on any atom is 0.121 e. The van der Waals surface area contributed by atoms with Crippen LogP contribution in [-0.4, -0.2) is 22.0 Å². The van der Waals surface area contributed by atoms with Gasteiger partial charge >= 0.3 is 0 Å². The van der Waals surface area contributed by atoms with Gasteiger partial charge in [-0.05, 0) is 24.1 Å². The third-order valence-electron chi connectivity index (χ3n) is 2.84. The Hall–Kier alpha value is -1.81. The molecule has 1 heterocycles. The number of aliphatic hydroxyl groups excluding tert-OH is 1. The quantitative estimate of drug-likeness (QED) is 0.901. The Morgan fingerprint density at radius 2 is 2.11 bits per heavy atom. The number of nitrogens with zero attached hydrogens (tertiary/aromatic N) is 2. The molecule has 1 aromatic carbocycles. The number of aliphatic hydroxyl groups is 1. The molecule has 1 N–H and O–H groups in total. The first-order chi connectivity index (χ1) is 8.65. The monoisotopic (exact) mass is 246 g/mol. The second-order valence-electron chi connectivity index (χ2n) is 4.49. The lowest BCUT2D eigenvalue weighted by Gasteiger charge is -2.10. The zero-order valence-electron chi connectivity index (χ0n) is 10.9. The molecule has 1 aromatic heterocycles. The van der Waals surface area contributed by atoms with Gasteiger partial charge in [-0.3, -0.25) is 0 Å². The Morgan fingerprint density at radius 3 is 2.72 bits per heavy atom. The maximum atomic E-state index is 9.20. The number of aromatic nitrogens is 2. The number of ether oxygens (including phenoxy) is 1. The Labute approximate surface area is 107 Å². The van der Waals surface area contributed by atoms with Crippen LogP contribution in [0.15, 0.2) is 30.3 Å². The van der Waals surface area contributed by atoms with E-state index >= 15 is 0 Å². The van der Waals surface area contributed by atoms with Gasteiger partial charge in [0.2, 0.25) is 0 Å². The fraction of sp³-hybridized carbons (Fsp3) is 0.357. The molecule has 18 heavy (non-hydrogen) atoms. The van der Waals surface area contributed by atoms with Crippen LogP contribution in [0, 0.1) is 0 Å². The van der Waals surface area contributed by atoms with E-state index in [1.54, 1.807) is 7.11 Å². The van der Waals surface area contributed by atoms with Gasteiger partial charge < -0.3 is 9.84 Å². The Kier molecular flexibility index (Phi) is 3.67. The smallest absolute Gasteiger partial charge is 0.121 e. The lowest BCUT2D eigenvalue weighted by molar-refractivity contribution is 0.276. The van der Waals surface area contributed by atoms with E-state index in [0.29, 0.717) is 11.6 Å². The molecule has 0 aliphatic rings. The van der Waals surface area contributed by atoms with Gasteiger partial charge in [0.25, 0.3) is 0 Å². The summed E-state index contributed by atoms with van der Waals surface area (Å²) < 4.78 is 7.08. The molecule has 0 aliphatic heterocycles. The largest absolute Gasteiger partial charge is 0.497 e. The molecule has 2 rings (SSSR count). The molecule has 0 spiro atoms. The van der Waals surface area contributed by atoms with Gasteiger partial charge in [-0.1, -0.05) is 19.9 Å². The second kappa shape index (κ2) is 5.23. The van der Waals surface area contributed by atoms with Gasteiger partial charge in [-0.15, -0.1) is 0 Å². The summed E-state index contributed by atoms with van der Waals surface area (Å²) in [6.45, 7) is 4.17. The Bertz CT molecular complexity index is 532. The molecule has 0 aliphatic carbocycles. The molecule has 0 fully saturated rings. The van der Waals surface area contributed by atoms with Crippen LogP contribution in [0.3, 0.4) is 0 Å². The third-order valence-corrected chi connectivity index (χ3v) is 2.84. The highest BCUT2D eigenvalue weighted by Crippen LogP contribution is 2.22. The fourth-order valence-corrected chi connectivity index (χ4v) is 1.88. The molecular weight excluding hydrogens is 228 g/mol. The lowest BCUT2D eigenvalue weighted by Crippen LogP contribution is -2.04. The number of methoxy groups -OCH3 is 1. The maximum absolute atomic E-state index is 9.20. The third kappa shape index (κ3) is 2.38. The molecule has 0 atom stereocenters. The van der Waals surface area contributed by atoms with Gasteiger partial charge in [0.15, 0.2) is 0 Å². The van der Waals surface area contributed by atoms with Crippen molar-refractivity contribution >= 4 is 0 Å². The molecule has 0 bridgehead atoms. The summed E-state index contributed by atoms with van der Waals surface area (Å²) in [5, 5.41) is 13.6. The van der Waals surface area contributed by atoms with Crippen LogP contribution >= 0.6 is 0 Å². The summed E-state index contributed by atoms with van der Waals surface area (Å²) in [5.41, 5.74) is 2.70. The van der Waals surface area contributed by atoms with Crippen molar-refractivity contribution in [3.63, 3.8) is 0 Å². The summed E-state index contributed by atoms with van der Waals surface area (Å²) >= 11 is 0. The van der Waals surface area contributed by atoms with E-state index in [2.05, 4.69) is 18.9 Å². The normalized spacial score (nSPS) is 10.9. The van der Waals surface area contributed by atoms with Crippen LogP contribution in [0.1, 0.15) is 31.2 Å². The van der Waals surface area contributed by atoms with E-state index in [0.717, 1.165) is 17.1 Å². The minimum atomic E-state index is -0.0450. The predicted molar refractivity (Wildman–Crippen MR) is 70.1 cm³/mol. The van der Waals surface area contributed by atoms with Crippen molar-refractivity contribution in [2.45, 2.75) is 26.4 Å². The van der Waals surface area contributed by atoms with Crippen LogP contribution in [0.2, 0.25) is 0 Å². The van der Waals surface area contributed by atoms with Crippen molar-refractivity contribution in [1.82, 2.24) is 9.78 Å². The summed E-state index contributed by atoms with van der Waals surface area (Å²) in [4.78, 5) is 0. The van der Waals surface area contributed by atoms with E-state index in [-0.39, 0.29) is 6.61 Å². The summed E-state index contributed by atoms with van der Waals surface area (Å²) in [6.07, 6.45) is 0. The molecule has 0 radical (unpaired) electrons. The first-order valence-electron chi connectivity index (χ1n) is 6.00. The molecule has 0 saturated heterocycles. The van der Waals surface area contributed by atoms with E-state index in [1.165, 1.54) is 0 Å². The van der Waals surface area contributed by atoms with E-state index in [1.807, 2.05) is 35.0 Å². The number of benzene rings is 1. The minimum absolute atomic E-state index is 0.0450. The second-order valence-corrected chi connectivity index (χ2v) is 4.49. The topological polar surface area (TPSA) is 47.3 Å². The molecular formula is C14H18N2O2. The van der Waals surface area contributed by atoms with Crippen molar-refractivity contribution in [3.05, 3.63) is 41.7 Å². The van der Waals surface area contributed by atoms with Crippen molar-refractivity contribution in [1.29, 1.82) is 0 Å². The Morgan fingerprint density at radius 1 is 1.33 bits per heavy atom. The summed E-state index contributed by atoms with van der Waals surface area (Å²) in [5.74, 6) is 1.13. The first kappa shape index (κ1) is 12.6. The van der Waals surface area contributed by atoms with Crippen LogP contribution in [0.5, 0.6) is 5.75 Å². The van der Waals surface area contributed by atoms with Crippen LogP contribution in [0.4, 0.5) is 0 Å². The van der Waals surface area contributed by atoms with Crippen molar-refractivity contribution in [3.8, 4) is 11.4 Å². The average molecular weight is 246 g/mol. The highest BCUT2D eigenvalue weighted by atomic mass is 16.5. The minimum Gasteiger partial charge on any atom is -0.497 e. The van der Waals surface area contributed by atoms with E-state index in [4.69, 9.17) is 4.74 Å². The molecule has 0 saturated carbocycles. The highest BCUT2D eigenvalue weighted by Gasteiger charge is 2.12. The molecule has 0 amide bonds. The van der Waals surface area contributed by atoms with Gasteiger partial charge in [0.1, 0.15) is 5.75 Å². The Balaban J connectivity index is 2.51. The molecule has 4 heteroatoms. The van der Waals surface area contributed by atoms with Crippen molar-refractivity contribution in [2.75, 3.05) is 7.11 Å². The zero-order chi connectivity index (χ0) is 13.1. The molecule has 2 aromatic rings. The number of hydrogen-bond acceptors (Lipinski definition) is 3. The zero-order valence-corrected chi connectivity index (χ0v) is 10.9. The highest BCUT2D eigenvalue weighted by molar-refractivity contribution is 5.40. The number of rotatable bonds is 4. The van der Waals surface area contributed by atoms with Crippen molar-refractivity contribution in [2.24, 2.45) is 0 Å². The van der Waals surface area contributed by atoms with Gasteiger partial charge in [0.05, 0.1) is 25.1 Å². The van der Waals surface area contributed by atoms with Crippen LogP contribution in [-0.2, 0) is 6.61 Å². The fourth-order valence-electron chi connectivity index (χ4n) is 1.88. The van der Waals surface area contributed by atoms with Gasteiger partial charge in [-0.2, -0.15) is 5.10 Å². The standard InChI is InChI=1S/C14H18N2O2/c1-10(2)14-7-11(9-17)15-16(14)12-5-4-6-13(8-12)18-3/h4-8,10,17H,9H2,1-3H3. The van der Waals surface area contributed by atoms with E-state index in [9.17, 15) is 5.11 Å². The summed E-state index contributed by atoms with van der Waals surface area (Å²) in [7, 11) is 1.64. The van der Waals surface area contributed by atoms with Gasteiger partial charge in [-0.25, -0.2) is 4.68 Å². The first-order valence-corrected chi connectivity index (χ1v) is 6.00. The summed E-state index contributed by atoms with van der Waals surface area (Å²) in [6, 6.07) is 9.67. The lowest BCUT2D eigenvalue weighted by atomic mass is 10.1. The average Bonchev–Trinajstić information content (AvgIpc) is 2.83. The molecule has 4 nitrogen and oxygen atoms in total. The molecule has 0 unspecified atom stereocenters. The van der Waals surface area contributed by atoms with Gasteiger partial charge in [0, 0.05) is 11.8 Å². The SMILES string of the molecule is COc1cccc(-n2nc(CO)cc2C(C)C)c1. The van der Waals surface area contributed by atoms with Crippen LogP contribution < -0.4 is 4.74 Å². The van der Waals surface area contributed by atoms with Crippen molar-refractivity contribution < 1.29 is 9.84 Å². The van der Waals surface area contributed by atoms with Crippen LogP contribution in [0.25, 0.3) is 5.69 Å².